The van der Waals surface area contributed by atoms with Crippen LogP contribution in [0.15, 0.2) is 34.9 Å². The lowest BCUT2D eigenvalue weighted by Gasteiger charge is -2.12. The van der Waals surface area contributed by atoms with Crippen molar-refractivity contribution in [2.45, 2.75) is 19.3 Å². The third-order valence-corrected chi connectivity index (χ3v) is 3.51. The van der Waals surface area contributed by atoms with Crippen molar-refractivity contribution in [3.63, 3.8) is 0 Å². The average Bonchev–Trinajstić information content (AvgIpc) is 2.31. The van der Waals surface area contributed by atoms with Gasteiger partial charge in [0.2, 0.25) is 0 Å². The summed E-state index contributed by atoms with van der Waals surface area (Å²) in [7, 11) is 0. The molecule has 0 aliphatic carbocycles. The summed E-state index contributed by atoms with van der Waals surface area (Å²) in [5.74, 6) is -1.37. The maximum atomic E-state index is 11.2. The minimum Gasteiger partial charge on any atom is -0.481 e. The highest BCUT2D eigenvalue weighted by Gasteiger charge is 2.21. The van der Waals surface area contributed by atoms with Gasteiger partial charge in [0.25, 0.3) is 0 Å². The summed E-state index contributed by atoms with van der Waals surface area (Å²) in [5.41, 5.74) is 0.638. The van der Waals surface area contributed by atoms with Crippen molar-refractivity contribution in [2.75, 3.05) is 0 Å². The number of carbonyl (C=O) groups is 1. The highest BCUT2D eigenvalue weighted by molar-refractivity contribution is 9.10. The summed E-state index contributed by atoms with van der Waals surface area (Å²) in [6.07, 6.45) is 2.20. The molecular weight excluding hydrogens is 282 g/mol. The Hall–Kier alpha value is -1.42. The van der Waals surface area contributed by atoms with Crippen LogP contribution in [0.1, 0.15) is 25.0 Å². The fourth-order valence-electron chi connectivity index (χ4n) is 1.95. The van der Waals surface area contributed by atoms with Gasteiger partial charge in [0, 0.05) is 16.1 Å². The van der Waals surface area contributed by atoms with Crippen LogP contribution < -0.4 is 0 Å². The molecule has 2 rings (SSSR count). The van der Waals surface area contributed by atoms with E-state index in [4.69, 9.17) is 0 Å². The Morgan fingerprint density at radius 1 is 1.41 bits per heavy atom. The number of aromatic nitrogens is 1. The number of pyridine rings is 1. The minimum absolute atomic E-state index is 0.536. The first-order valence-electron chi connectivity index (χ1n) is 5.41. The zero-order valence-electron chi connectivity index (χ0n) is 9.35. The van der Waals surface area contributed by atoms with E-state index in [1.165, 1.54) is 0 Å². The summed E-state index contributed by atoms with van der Waals surface area (Å²) < 4.78 is 0.957. The molecule has 4 heteroatoms. The van der Waals surface area contributed by atoms with E-state index < -0.39 is 11.9 Å². The molecule has 0 spiro atoms. The third-order valence-electron chi connectivity index (χ3n) is 2.82. The first-order valence-corrected chi connectivity index (χ1v) is 6.20. The van der Waals surface area contributed by atoms with Crippen LogP contribution in [0.5, 0.6) is 0 Å². The van der Waals surface area contributed by atoms with E-state index in [0.717, 1.165) is 15.2 Å². The molecule has 0 amide bonds. The molecule has 0 radical (unpaired) electrons. The molecular formula is C13H12BrNO2. The molecule has 1 heterocycles. The van der Waals surface area contributed by atoms with E-state index >= 15 is 0 Å². The fourth-order valence-corrected chi connectivity index (χ4v) is 2.45. The van der Waals surface area contributed by atoms with E-state index in [1.807, 2.05) is 31.2 Å². The minimum atomic E-state index is -0.826. The van der Waals surface area contributed by atoms with Crippen molar-refractivity contribution in [3.8, 4) is 0 Å². The molecule has 2 aromatic rings. The van der Waals surface area contributed by atoms with Crippen molar-refractivity contribution in [2.24, 2.45) is 0 Å². The Morgan fingerprint density at radius 2 is 2.18 bits per heavy atom. The quantitative estimate of drug-likeness (QED) is 0.941. The lowest BCUT2D eigenvalue weighted by atomic mass is 9.97. The number of aliphatic carboxylic acids is 1. The normalized spacial score (nSPS) is 12.6. The molecule has 1 unspecified atom stereocenters. The highest BCUT2D eigenvalue weighted by atomic mass is 79.9. The predicted molar refractivity (Wildman–Crippen MR) is 70.1 cm³/mol. The van der Waals surface area contributed by atoms with Crippen molar-refractivity contribution in [1.29, 1.82) is 0 Å². The number of fused-ring (bicyclic) bond motifs is 1. The largest absolute Gasteiger partial charge is 0.481 e. The van der Waals surface area contributed by atoms with Gasteiger partial charge in [-0.3, -0.25) is 9.78 Å². The molecule has 0 aliphatic rings. The monoisotopic (exact) mass is 293 g/mol. The lowest BCUT2D eigenvalue weighted by Crippen LogP contribution is -2.12. The SMILES string of the molecule is CCC(C(=O)O)c1nccc2c(Br)cccc12. The first-order chi connectivity index (χ1) is 8.15. The van der Waals surface area contributed by atoms with E-state index in [0.29, 0.717) is 12.1 Å². The first kappa shape index (κ1) is 12.0. The van der Waals surface area contributed by atoms with Crippen molar-refractivity contribution < 1.29 is 9.90 Å². The summed E-state index contributed by atoms with van der Waals surface area (Å²) in [4.78, 5) is 15.4. The van der Waals surface area contributed by atoms with Crippen LogP contribution in [-0.2, 0) is 4.79 Å². The van der Waals surface area contributed by atoms with Crippen LogP contribution >= 0.6 is 15.9 Å². The van der Waals surface area contributed by atoms with Crippen LogP contribution in [-0.4, -0.2) is 16.1 Å². The standard InChI is InChI=1S/C13H12BrNO2/c1-2-8(13(16)17)12-10-4-3-5-11(14)9(10)6-7-15-12/h3-8H,2H2,1H3,(H,16,17). The maximum absolute atomic E-state index is 11.2. The van der Waals surface area contributed by atoms with Crippen LogP contribution in [0, 0.1) is 0 Å². The molecule has 1 atom stereocenters. The Labute approximate surface area is 108 Å². The third kappa shape index (κ3) is 2.17. The second-order valence-electron chi connectivity index (χ2n) is 3.83. The number of nitrogens with zero attached hydrogens (tertiary/aromatic N) is 1. The molecule has 1 aromatic heterocycles. The van der Waals surface area contributed by atoms with Gasteiger partial charge in [0.05, 0.1) is 11.6 Å². The van der Waals surface area contributed by atoms with Gasteiger partial charge in [-0.05, 0) is 23.9 Å². The summed E-state index contributed by atoms with van der Waals surface area (Å²) >= 11 is 3.46. The number of halogens is 1. The molecule has 17 heavy (non-hydrogen) atoms. The van der Waals surface area contributed by atoms with Gasteiger partial charge in [-0.2, -0.15) is 0 Å². The van der Waals surface area contributed by atoms with E-state index in [2.05, 4.69) is 20.9 Å². The Morgan fingerprint density at radius 3 is 2.82 bits per heavy atom. The van der Waals surface area contributed by atoms with E-state index in [-0.39, 0.29) is 0 Å². The fraction of sp³-hybridized carbons (Fsp3) is 0.231. The molecule has 0 fully saturated rings. The average molecular weight is 294 g/mol. The van der Waals surface area contributed by atoms with Gasteiger partial charge in [-0.15, -0.1) is 0 Å². The second-order valence-corrected chi connectivity index (χ2v) is 4.68. The predicted octanol–water partition coefficient (Wildman–Crippen LogP) is 3.58. The van der Waals surface area contributed by atoms with Crippen LogP contribution in [0.4, 0.5) is 0 Å². The molecule has 3 nitrogen and oxygen atoms in total. The number of carboxylic acid groups (broad SMARTS) is 1. The summed E-state index contributed by atoms with van der Waals surface area (Å²) in [6, 6.07) is 7.63. The van der Waals surface area contributed by atoms with Gasteiger partial charge in [-0.25, -0.2) is 0 Å². The number of hydrogen-bond acceptors (Lipinski definition) is 2. The maximum Gasteiger partial charge on any atom is 0.312 e. The van der Waals surface area contributed by atoms with Crippen LogP contribution in [0.25, 0.3) is 10.8 Å². The van der Waals surface area contributed by atoms with E-state index in [9.17, 15) is 9.90 Å². The lowest BCUT2D eigenvalue weighted by molar-refractivity contribution is -0.138. The Kier molecular flexibility index (Phi) is 3.43. The zero-order valence-corrected chi connectivity index (χ0v) is 10.9. The molecule has 0 saturated carbocycles. The van der Waals surface area contributed by atoms with Crippen molar-refractivity contribution >= 4 is 32.7 Å². The zero-order chi connectivity index (χ0) is 12.4. The Balaban J connectivity index is 2.70. The van der Waals surface area contributed by atoms with Gasteiger partial charge >= 0.3 is 5.97 Å². The topological polar surface area (TPSA) is 50.2 Å². The smallest absolute Gasteiger partial charge is 0.312 e. The molecule has 88 valence electrons. The molecule has 1 aromatic carbocycles. The van der Waals surface area contributed by atoms with Gasteiger partial charge in [0.1, 0.15) is 0 Å². The Bertz CT molecular complexity index is 568. The number of rotatable bonds is 3. The van der Waals surface area contributed by atoms with Crippen LogP contribution in [0.3, 0.4) is 0 Å². The summed E-state index contributed by atoms with van der Waals surface area (Å²) in [5, 5.41) is 11.1. The van der Waals surface area contributed by atoms with Crippen molar-refractivity contribution in [1.82, 2.24) is 4.98 Å². The molecule has 0 aliphatic heterocycles. The summed E-state index contributed by atoms with van der Waals surface area (Å²) in [6.45, 7) is 1.86. The van der Waals surface area contributed by atoms with Crippen LogP contribution in [0.2, 0.25) is 0 Å². The van der Waals surface area contributed by atoms with Gasteiger partial charge < -0.3 is 5.11 Å². The molecule has 0 bridgehead atoms. The molecule has 1 N–H and O–H groups in total. The van der Waals surface area contributed by atoms with Gasteiger partial charge in [-0.1, -0.05) is 35.0 Å². The van der Waals surface area contributed by atoms with E-state index in [1.54, 1.807) is 6.20 Å². The highest BCUT2D eigenvalue weighted by Crippen LogP contribution is 2.30. The molecule has 0 saturated heterocycles. The number of hydrogen-bond donors (Lipinski definition) is 1. The second kappa shape index (κ2) is 4.84. The number of carboxylic acids is 1. The number of benzene rings is 1. The van der Waals surface area contributed by atoms with Crippen molar-refractivity contribution in [3.05, 3.63) is 40.6 Å². The van der Waals surface area contributed by atoms with Gasteiger partial charge in [0.15, 0.2) is 0 Å².